The van der Waals surface area contributed by atoms with Gasteiger partial charge in [0.05, 0.1) is 12.2 Å². The van der Waals surface area contributed by atoms with Gasteiger partial charge in [-0.25, -0.2) is 0 Å². The Balaban J connectivity index is 1.75. The van der Waals surface area contributed by atoms with E-state index in [0.29, 0.717) is 18.3 Å². The van der Waals surface area contributed by atoms with Gasteiger partial charge in [-0.1, -0.05) is 86.6 Å². The van der Waals surface area contributed by atoms with Crippen molar-refractivity contribution in [1.82, 2.24) is 19.9 Å². The fourth-order valence-electron chi connectivity index (χ4n) is 2.86. The molecule has 0 spiro atoms. The third-order valence-corrected chi connectivity index (χ3v) is 4.40. The third-order valence-electron chi connectivity index (χ3n) is 4.40. The molecule has 27 heavy (non-hydrogen) atoms. The molecule has 136 valence electrons. The van der Waals surface area contributed by atoms with Crippen LogP contribution in [0.5, 0.6) is 0 Å². The average molecular weight is 358 g/mol. The van der Waals surface area contributed by atoms with Gasteiger partial charge in [-0.15, -0.1) is 0 Å². The van der Waals surface area contributed by atoms with Crippen molar-refractivity contribution in [3.8, 4) is 23.0 Å². The summed E-state index contributed by atoms with van der Waals surface area (Å²) in [6.07, 6.45) is 0. The highest BCUT2D eigenvalue weighted by Crippen LogP contribution is 2.28. The van der Waals surface area contributed by atoms with E-state index in [1.165, 1.54) is 5.56 Å². The van der Waals surface area contributed by atoms with Crippen LogP contribution in [-0.4, -0.2) is 19.9 Å². The lowest BCUT2D eigenvalue weighted by molar-refractivity contribution is 0.427. The molecular weight excluding hydrogens is 336 g/mol. The largest absolute Gasteiger partial charge is 0.332 e. The van der Waals surface area contributed by atoms with Gasteiger partial charge in [-0.2, -0.15) is 10.1 Å². The van der Waals surface area contributed by atoms with Gasteiger partial charge in [-0.05, 0) is 11.6 Å². The zero-order valence-electron chi connectivity index (χ0n) is 15.8. The second-order valence-electron chi connectivity index (χ2n) is 7.60. The summed E-state index contributed by atoms with van der Waals surface area (Å²) in [6, 6.07) is 22.1. The molecule has 0 amide bonds. The van der Waals surface area contributed by atoms with Crippen LogP contribution in [0.15, 0.2) is 71.3 Å². The molecule has 0 aliphatic carbocycles. The quantitative estimate of drug-likeness (QED) is 0.518. The van der Waals surface area contributed by atoms with Crippen molar-refractivity contribution in [3.05, 3.63) is 78.0 Å². The minimum atomic E-state index is -0.0705. The van der Waals surface area contributed by atoms with Crippen LogP contribution >= 0.6 is 0 Å². The zero-order chi connectivity index (χ0) is 18.9. The minimum Gasteiger partial charge on any atom is -0.332 e. The lowest BCUT2D eigenvalue weighted by atomic mass is 9.92. The summed E-state index contributed by atoms with van der Waals surface area (Å²) in [4.78, 5) is 4.61. The lowest BCUT2D eigenvalue weighted by Gasteiger charge is -2.14. The second-order valence-corrected chi connectivity index (χ2v) is 7.60. The molecule has 0 atom stereocenters. The first-order valence-corrected chi connectivity index (χ1v) is 9.02. The summed E-state index contributed by atoms with van der Waals surface area (Å²) >= 11 is 0. The van der Waals surface area contributed by atoms with E-state index in [1.807, 2.05) is 59.3 Å². The number of aromatic nitrogens is 4. The van der Waals surface area contributed by atoms with Gasteiger partial charge >= 0.3 is 0 Å². The normalized spacial score (nSPS) is 11.7. The number of hydrogen-bond donors (Lipinski definition) is 0. The van der Waals surface area contributed by atoms with Crippen LogP contribution in [0.3, 0.4) is 0 Å². The average Bonchev–Trinajstić information content (AvgIpc) is 3.30. The van der Waals surface area contributed by atoms with Crippen molar-refractivity contribution in [1.29, 1.82) is 0 Å². The van der Waals surface area contributed by atoms with E-state index in [2.05, 4.69) is 43.0 Å². The van der Waals surface area contributed by atoms with Crippen LogP contribution in [0.25, 0.3) is 23.0 Å². The molecule has 0 aliphatic heterocycles. The van der Waals surface area contributed by atoms with Gasteiger partial charge in [0.15, 0.2) is 0 Å². The van der Waals surface area contributed by atoms with Crippen LogP contribution < -0.4 is 0 Å². The zero-order valence-corrected chi connectivity index (χ0v) is 15.8. The van der Waals surface area contributed by atoms with E-state index in [4.69, 9.17) is 9.62 Å². The summed E-state index contributed by atoms with van der Waals surface area (Å²) in [6.45, 7) is 7.09. The van der Waals surface area contributed by atoms with Crippen molar-refractivity contribution < 1.29 is 4.52 Å². The highest BCUT2D eigenvalue weighted by atomic mass is 16.5. The summed E-state index contributed by atoms with van der Waals surface area (Å²) < 4.78 is 7.53. The first-order chi connectivity index (χ1) is 13.0. The molecule has 4 aromatic rings. The molecule has 2 aromatic heterocycles. The molecular formula is C22H22N4O. The molecule has 4 rings (SSSR count). The molecule has 0 aliphatic rings. The maximum absolute atomic E-state index is 5.59. The van der Waals surface area contributed by atoms with Gasteiger partial charge < -0.3 is 4.52 Å². The lowest BCUT2D eigenvalue weighted by Crippen LogP contribution is -2.13. The van der Waals surface area contributed by atoms with Gasteiger partial charge in [0.1, 0.15) is 5.69 Å². The SMILES string of the molecule is CC(C)(C)c1cc(-c2nc(-c3ccccc3)no2)n(Cc2ccccc2)n1. The first kappa shape index (κ1) is 17.2. The van der Waals surface area contributed by atoms with E-state index in [1.54, 1.807) is 0 Å². The summed E-state index contributed by atoms with van der Waals surface area (Å²) in [5.41, 5.74) is 3.85. The molecule has 5 nitrogen and oxygen atoms in total. The number of benzene rings is 2. The fraction of sp³-hybridized carbons (Fsp3) is 0.227. The molecule has 0 radical (unpaired) electrons. The van der Waals surface area contributed by atoms with Crippen LogP contribution in [0.2, 0.25) is 0 Å². The molecule has 2 aromatic carbocycles. The molecule has 0 saturated heterocycles. The van der Waals surface area contributed by atoms with E-state index in [9.17, 15) is 0 Å². The van der Waals surface area contributed by atoms with Gasteiger partial charge in [0.25, 0.3) is 5.89 Å². The fourth-order valence-corrected chi connectivity index (χ4v) is 2.86. The molecule has 0 fully saturated rings. The Morgan fingerprint density at radius 2 is 1.59 bits per heavy atom. The van der Waals surface area contributed by atoms with Crippen molar-refractivity contribution >= 4 is 0 Å². The Bertz CT molecular complexity index is 1030. The molecule has 0 bridgehead atoms. The monoisotopic (exact) mass is 358 g/mol. The maximum Gasteiger partial charge on any atom is 0.276 e. The predicted octanol–water partition coefficient (Wildman–Crippen LogP) is 4.95. The Hall–Kier alpha value is -3.21. The van der Waals surface area contributed by atoms with Gasteiger partial charge in [-0.3, -0.25) is 4.68 Å². The standard InChI is InChI=1S/C22H22N4O/c1-22(2,3)19-14-18(26(24-19)15-16-10-6-4-7-11-16)21-23-20(25-27-21)17-12-8-5-9-13-17/h4-14H,15H2,1-3H3. The molecule has 0 N–H and O–H groups in total. The highest BCUT2D eigenvalue weighted by molar-refractivity contribution is 5.58. The summed E-state index contributed by atoms with van der Waals surface area (Å²) in [5.74, 6) is 1.06. The smallest absolute Gasteiger partial charge is 0.276 e. The Morgan fingerprint density at radius 1 is 0.926 bits per heavy atom. The number of hydrogen-bond acceptors (Lipinski definition) is 4. The van der Waals surface area contributed by atoms with Crippen LogP contribution in [0.4, 0.5) is 0 Å². The van der Waals surface area contributed by atoms with E-state index < -0.39 is 0 Å². The van der Waals surface area contributed by atoms with E-state index >= 15 is 0 Å². The Kier molecular flexibility index (Phi) is 4.36. The predicted molar refractivity (Wildman–Crippen MR) is 105 cm³/mol. The van der Waals surface area contributed by atoms with Crippen molar-refractivity contribution in [2.45, 2.75) is 32.7 Å². The molecule has 0 saturated carbocycles. The number of rotatable bonds is 4. The first-order valence-electron chi connectivity index (χ1n) is 9.02. The van der Waals surface area contributed by atoms with Gasteiger partial charge in [0, 0.05) is 11.0 Å². The van der Waals surface area contributed by atoms with Crippen LogP contribution in [0, 0.1) is 0 Å². The second kappa shape index (κ2) is 6.83. The van der Waals surface area contributed by atoms with E-state index in [-0.39, 0.29) is 5.41 Å². The van der Waals surface area contributed by atoms with Crippen molar-refractivity contribution in [2.24, 2.45) is 0 Å². The molecule has 0 unspecified atom stereocenters. The highest BCUT2D eigenvalue weighted by Gasteiger charge is 2.23. The summed E-state index contributed by atoms with van der Waals surface area (Å²) in [7, 11) is 0. The van der Waals surface area contributed by atoms with Crippen molar-refractivity contribution in [2.75, 3.05) is 0 Å². The maximum atomic E-state index is 5.59. The molecule has 5 heteroatoms. The third kappa shape index (κ3) is 3.67. The number of nitrogens with zero attached hydrogens (tertiary/aromatic N) is 4. The Labute approximate surface area is 158 Å². The van der Waals surface area contributed by atoms with Crippen LogP contribution in [0.1, 0.15) is 32.0 Å². The van der Waals surface area contributed by atoms with Crippen LogP contribution in [-0.2, 0) is 12.0 Å². The molecule has 2 heterocycles. The Morgan fingerprint density at radius 3 is 2.26 bits per heavy atom. The minimum absolute atomic E-state index is 0.0705. The topological polar surface area (TPSA) is 56.7 Å². The van der Waals surface area contributed by atoms with Gasteiger partial charge in [0.2, 0.25) is 5.82 Å². The van der Waals surface area contributed by atoms with E-state index in [0.717, 1.165) is 17.0 Å². The summed E-state index contributed by atoms with van der Waals surface area (Å²) in [5, 5.41) is 8.98. The van der Waals surface area contributed by atoms with Crippen molar-refractivity contribution in [3.63, 3.8) is 0 Å².